The van der Waals surface area contributed by atoms with Gasteiger partial charge in [-0.2, -0.15) is 5.26 Å². The van der Waals surface area contributed by atoms with Crippen LogP contribution in [0.25, 0.3) is 0 Å². The highest BCUT2D eigenvalue weighted by molar-refractivity contribution is 7.99. The van der Waals surface area contributed by atoms with Gasteiger partial charge in [0.1, 0.15) is 5.54 Å². The maximum absolute atomic E-state index is 12.6. The largest absolute Gasteiger partial charge is 0.337 e. The molecule has 1 unspecified atom stereocenters. The fourth-order valence-corrected chi connectivity index (χ4v) is 4.35. The van der Waals surface area contributed by atoms with Gasteiger partial charge in [0.2, 0.25) is 5.91 Å². The Labute approximate surface area is 123 Å². The number of nitrogens with one attached hydrogen (secondary N) is 1. The third-order valence-corrected chi connectivity index (χ3v) is 5.48. The fourth-order valence-electron chi connectivity index (χ4n) is 3.12. The average molecular weight is 286 g/mol. The van der Waals surface area contributed by atoms with Gasteiger partial charge < -0.3 is 5.32 Å². The van der Waals surface area contributed by atoms with Crippen LogP contribution in [0.1, 0.15) is 43.6 Å². The Kier molecular flexibility index (Phi) is 3.71. The molecule has 1 amide bonds. The Bertz CT molecular complexity index is 558. The summed E-state index contributed by atoms with van der Waals surface area (Å²) in [4.78, 5) is 13.8. The molecule has 0 aromatic heterocycles. The second-order valence-corrected chi connectivity index (χ2v) is 6.71. The summed E-state index contributed by atoms with van der Waals surface area (Å²) in [7, 11) is 0. The average Bonchev–Trinajstić information content (AvgIpc) is 2.92. The second-order valence-electron chi connectivity index (χ2n) is 5.65. The van der Waals surface area contributed by atoms with E-state index in [2.05, 4.69) is 17.5 Å². The number of hydrogen-bond acceptors (Lipinski definition) is 3. The van der Waals surface area contributed by atoms with Gasteiger partial charge in [-0.1, -0.05) is 37.5 Å². The smallest absolute Gasteiger partial charge is 0.229 e. The molecule has 1 aliphatic heterocycles. The lowest BCUT2D eigenvalue weighted by molar-refractivity contribution is -0.123. The van der Waals surface area contributed by atoms with Gasteiger partial charge in [0.05, 0.1) is 12.0 Å². The lowest BCUT2D eigenvalue weighted by Crippen LogP contribution is -2.50. The fraction of sp³-hybridized carbons (Fsp3) is 0.500. The minimum absolute atomic E-state index is 0.0194. The number of fused-ring (bicyclic) bond motifs is 1. The van der Waals surface area contributed by atoms with Gasteiger partial charge in [0.25, 0.3) is 0 Å². The van der Waals surface area contributed by atoms with Crippen LogP contribution in [0, 0.1) is 11.3 Å². The number of amides is 1. The molecule has 0 bridgehead atoms. The molecular formula is C16H18N2OS. The summed E-state index contributed by atoms with van der Waals surface area (Å²) in [5, 5.41) is 12.5. The summed E-state index contributed by atoms with van der Waals surface area (Å²) >= 11 is 1.73. The highest BCUT2D eigenvalue weighted by Gasteiger charge is 2.37. The van der Waals surface area contributed by atoms with Gasteiger partial charge in [-0.05, 0) is 24.5 Å². The van der Waals surface area contributed by atoms with E-state index >= 15 is 0 Å². The molecule has 20 heavy (non-hydrogen) atoms. The van der Waals surface area contributed by atoms with Crippen molar-refractivity contribution in [3.63, 3.8) is 0 Å². The van der Waals surface area contributed by atoms with Crippen molar-refractivity contribution in [2.45, 2.75) is 48.5 Å². The first-order valence-electron chi connectivity index (χ1n) is 7.19. The summed E-state index contributed by atoms with van der Waals surface area (Å²) in [6.45, 7) is 0. The molecule has 1 saturated carbocycles. The normalized spacial score (nSPS) is 23.6. The first kappa shape index (κ1) is 13.5. The van der Waals surface area contributed by atoms with Gasteiger partial charge in [-0.15, -0.1) is 11.8 Å². The van der Waals surface area contributed by atoms with Crippen LogP contribution in [0.5, 0.6) is 0 Å². The van der Waals surface area contributed by atoms with Crippen molar-refractivity contribution in [2.24, 2.45) is 0 Å². The molecule has 1 aromatic carbocycles. The minimum Gasteiger partial charge on any atom is -0.337 e. The maximum Gasteiger partial charge on any atom is 0.229 e. The van der Waals surface area contributed by atoms with E-state index in [0.717, 1.165) is 37.0 Å². The van der Waals surface area contributed by atoms with Gasteiger partial charge in [0, 0.05) is 10.6 Å². The van der Waals surface area contributed by atoms with E-state index in [0.29, 0.717) is 0 Å². The van der Waals surface area contributed by atoms with E-state index in [4.69, 9.17) is 0 Å². The Balaban J connectivity index is 1.76. The Hall–Kier alpha value is -1.47. The Morgan fingerprint density at radius 1 is 1.30 bits per heavy atom. The molecule has 1 N–H and O–H groups in total. The highest BCUT2D eigenvalue weighted by atomic mass is 32.2. The van der Waals surface area contributed by atoms with E-state index in [1.165, 1.54) is 11.3 Å². The van der Waals surface area contributed by atoms with Gasteiger partial charge in [-0.3, -0.25) is 4.79 Å². The lowest BCUT2D eigenvalue weighted by Gasteiger charge is -2.32. The van der Waals surface area contributed by atoms with Gasteiger partial charge in [0.15, 0.2) is 0 Å². The number of carbonyl (C=O) groups is 1. The molecule has 2 aliphatic rings. The van der Waals surface area contributed by atoms with Crippen molar-refractivity contribution in [3.05, 3.63) is 29.8 Å². The highest BCUT2D eigenvalue weighted by Crippen LogP contribution is 2.40. The van der Waals surface area contributed by atoms with Crippen molar-refractivity contribution in [3.8, 4) is 6.07 Å². The molecule has 1 fully saturated rings. The number of carbonyl (C=O) groups excluding carboxylic acids is 1. The SMILES string of the molecule is N#CC1(NC(=O)C2CSc3ccccc32)CCCCC1. The quantitative estimate of drug-likeness (QED) is 0.908. The number of nitriles is 1. The first-order valence-corrected chi connectivity index (χ1v) is 8.18. The predicted octanol–water partition coefficient (Wildman–Crippen LogP) is 3.22. The van der Waals surface area contributed by atoms with Crippen molar-refractivity contribution in [1.29, 1.82) is 5.26 Å². The zero-order valence-electron chi connectivity index (χ0n) is 11.4. The summed E-state index contributed by atoms with van der Waals surface area (Å²) in [6, 6.07) is 10.4. The number of nitrogens with zero attached hydrogens (tertiary/aromatic N) is 1. The van der Waals surface area contributed by atoms with Crippen LogP contribution in [0.15, 0.2) is 29.2 Å². The standard InChI is InChI=1S/C16H18N2OS/c17-11-16(8-4-1-5-9-16)18-15(19)13-10-20-14-7-3-2-6-12(13)14/h2-3,6-7,13H,1,4-5,8-10H2,(H,18,19). The molecule has 0 spiro atoms. The number of rotatable bonds is 2. The van der Waals surface area contributed by atoms with Crippen LogP contribution in [-0.2, 0) is 4.79 Å². The van der Waals surface area contributed by atoms with Crippen molar-refractivity contribution in [2.75, 3.05) is 5.75 Å². The van der Waals surface area contributed by atoms with Crippen LogP contribution in [0.3, 0.4) is 0 Å². The molecule has 4 heteroatoms. The third kappa shape index (κ3) is 2.43. The summed E-state index contributed by atoms with van der Waals surface area (Å²) in [5.74, 6) is 0.696. The molecular weight excluding hydrogens is 268 g/mol. The molecule has 3 nitrogen and oxygen atoms in total. The summed E-state index contributed by atoms with van der Waals surface area (Å²) in [5.41, 5.74) is 0.483. The number of thioether (sulfide) groups is 1. The van der Waals surface area contributed by atoms with Crippen LogP contribution in [-0.4, -0.2) is 17.2 Å². The number of hydrogen-bond donors (Lipinski definition) is 1. The summed E-state index contributed by atoms with van der Waals surface area (Å²) < 4.78 is 0. The number of benzene rings is 1. The molecule has 0 radical (unpaired) electrons. The van der Waals surface area contributed by atoms with E-state index in [-0.39, 0.29) is 11.8 Å². The molecule has 1 aliphatic carbocycles. The Morgan fingerprint density at radius 2 is 2.05 bits per heavy atom. The van der Waals surface area contributed by atoms with Crippen molar-refractivity contribution >= 4 is 17.7 Å². The molecule has 1 heterocycles. The minimum atomic E-state index is -0.627. The van der Waals surface area contributed by atoms with Crippen LogP contribution < -0.4 is 5.32 Å². The van der Waals surface area contributed by atoms with Crippen molar-refractivity contribution in [1.82, 2.24) is 5.32 Å². The van der Waals surface area contributed by atoms with E-state index in [9.17, 15) is 10.1 Å². The maximum atomic E-state index is 12.6. The zero-order valence-corrected chi connectivity index (χ0v) is 12.2. The predicted molar refractivity (Wildman–Crippen MR) is 79.5 cm³/mol. The lowest BCUT2D eigenvalue weighted by atomic mass is 9.82. The zero-order chi connectivity index (χ0) is 14.0. The second kappa shape index (κ2) is 5.49. The van der Waals surface area contributed by atoms with Gasteiger partial charge >= 0.3 is 0 Å². The van der Waals surface area contributed by atoms with Crippen LogP contribution >= 0.6 is 11.8 Å². The molecule has 1 aromatic rings. The van der Waals surface area contributed by atoms with Crippen LogP contribution in [0.4, 0.5) is 0 Å². The topological polar surface area (TPSA) is 52.9 Å². The van der Waals surface area contributed by atoms with Crippen LogP contribution in [0.2, 0.25) is 0 Å². The van der Waals surface area contributed by atoms with E-state index in [1.807, 2.05) is 18.2 Å². The summed E-state index contributed by atoms with van der Waals surface area (Å²) in [6.07, 6.45) is 4.81. The van der Waals surface area contributed by atoms with E-state index in [1.54, 1.807) is 11.8 Å². The van der Waals surface area contributed by atoms with E-state index < -0.39 is 5.54 Å². The molecule has 0 saturated heterocycles. The Morgan fingerprint density at radius 3 is 2.80 bits per heavy atom. The molecule has 1 atom stereocenters. The third-order valence-electron chi connectivity index (χ3n) is 4.30. The monoisotopic (exact) mass is 286 g/mol. The van der Waals surface area contributed by atoms with Gasteiger partial charge in [-0.25, -0.2) is 0 Å². The van der Waals surface area contributed by atoms with Crippen molar-refractivity contribution < 1.29 is 4.79 Å². The first-order chi connectivity index (χ1) is 9.74. The molecule has 3 rings (SSSR count). The molecule has 104 valence electrons.